The largest absolute Gasteiger partial charge is 0.451 e. The molecule has 2 heterocycles. The van der Waals surface area contributed by atoms with E-state index in [0.29, 0.717) is 42.8 Å². The van der Waals surface area contributed by atoms with Gasteiger partial charge in [-0.2, -0.15) is 5.10 Å². The molecule has 1 fully saturated rings. The molecule has 0 aliphatic carbocycles. The number of hydrazone groups is 1. The molecule has 2 aromatic carbocycles. The van der Waals surface area contributed by atoms with Gasteiger partial charge in [0, 0.05) is 54.0 Å². The number of carbonyl (C=O) groups is 1. The molecule has 0 bridgehead atoms. The first-order valence-corrected chi connectivity index (χ1v) is 9.55. The molecular formula is C20H17N5O7. The summed E-state index contributed by atoms with van der Waals surface area (Å²) in [5.74, 6) is -0.747. The van der Waals surface area contributed by atoms with Crippen LogP contribution in [0.1, 0.15) is 16.1 Å². The molecule has 12 nitrogen and oxygen atoms in total. The third-order valence-electron chi connectivity index (χ3n) is 4.88. The van der Waals surface area contributed by atoms with E-state index in [1.165, 1.54) is 42.6 Å². The summed E-state index contributed by atoms with van der Waals surface area (Å²) in [5.41, 5.74) is 3.60. The van der Waals surface area contributed by atoms with Crippen LogP contribution < -0.4 is 10.3 Å². The highest BCUT2D eigenvalue weighted by molar-refractivity contribution is 5.97. The fourth-order valence-electron chi connectivity index (χ4n) is 3.32. The van der Waals surface area contributed by atoms with Crippen molar-refractivity contribution in [3.05, 3.63) is 74.0 Å². The molecule has 0 spiro atoms. The van der Waals surface area contributed by atoms with Crippen molar-refractivity contribution < 1.29 is 23.8 Å². The van der Waals surface area contributed by atoms with Crippen molar-refractivity contribution in [2.75, 3.05) is 31.2 Å². The van der Waals surface area contributed by atoms with Crippen LogP contribution in [0.4, 0.5) is 17.1 Å². The Balaban J connectivity index is 1.54. The van der Waals surface area contributed by atoms with E-state index in [0.717, 1.165) is 5.69 Å². The Morgan fingerprint density at radius 2 is 1.72 bits per heavy atom. The molecule has 164 valence electrons. The van der Waals surface area contributed by atoms with E-state index in [4.69, 9.17) is 9.15 Å². The van der Waals surface area contributed by atoms with Crippen molar-refractivity contribution in [1.29, 1.82) is 0 Å². The minimum Gasteiger partial charge on any atom is -0.451 e. The van der Waals surface area contributed by atoms with Crippen LogP contribution in [0.2, 0.25) is 0 Å². The molecule has 0 unspecified atom stereocenters. The monoisotopic (exact) mass is 439 g/mol. The Morgan fingerprint density at radius 3 is 2.44 bits per heavy atom. The Labute approximate surface area is 180 Å². The zero-order valence-electron chi connectivity index (χ0n) is 16.6. The van der Waals surface area contributed by atoms with E-state index >= 15 is 0 Å². The first kappa shape index (κ1) is 20.9. The number of carbonyl (C=O) groups excluding carboxylic acids is 1. The molecule has 12 heteroatoms. The van der Waals surface area contributed by atoms with Crippen LogP contribution in [-0.4, -0.2) is 48.3 Å². The standard InChI is InChI=1S/C20H17N5O7/c26-20(19-11-13-9-16(25(29)30)2-4-18(13)32-19)22-21-12-14-10-15(24(27)28)1-3-17(14)23-5-7-31-8-6-23/h1-4,9-12H,5-8H2,(H,22,26)/b21-12-. The van der Waals surface area contributed by atoms with Gasteiger partial charge in [0.05, 0.1) is 29.3 Å². The number of anilines is 1. The molecule has 0 saturated carbocycles. The van der Waals surface area contributed by atoms with Gasteiger partial charge in [0.25, 0.3) is 11.4 Å². The fraction of sp³-hybridized carbons (Fsp3) is 0.200. The summed E-state index contributed by atoms with van der Waals surface area (Å²) >= 11 is 0. The van der Waals surface area contributed by atoms with Gasteiger partial charge in [-0.3, -0.25) is 25.0 Å². The maximum absolute atomic E-state index is 12.4. The summed E-state index contributed by atoms with van der Waals surface area (Å²) in [4.78, 5) is 35.4. The lowest BCUT2D eigenvalue weighted by Crippen LogP contribution is -2.36. The summed E-state index contributed by atoms with van der Waals surface area (Å²) in [6.07, 6.45) is 1.32. The third kappa shape index (κ3) is 4.39. The van der Waals surface area contributed by atoms with E-state index in [1.54, 1.807) is 6.07 Å². The highest BCUT2D eigenvalue weighted by Crippen LogP contribution is 2.26. The van der Waals surface area contributed by atoms with E-state index in [2.05, 4.69) is 10.5 Å². The molecule has 1 amide bonds. The van der Waals surface area contributed by atoms with Crippen molar-refractivity contribution in [2.45, 2.75) is 0 Å². The highest BCUT2D eigenvalue weighted by atomic mass is 16.6. The maximum atomic E-state index is 12.4. The van der Waals surface area contributed by atoms with Gasteiger partial charge in [-0.15, -0.1) is 0 Å². The predicted molar refractivity (Wildman–Crippen MR) is 114 cm³/mol. The van der Waals surface area contributed by atoms with Crippen LogP contribution in [0.15, 0.2) is 52.0 Å². The number of morpholine rings is 1. The van der Waals surface area contributed by atoms with E-state index < -0.39 is 15.8 Å². The normalized spacial score (nSPS) is 14.1. The average Bonchev–Trinajstić information content (AvgIpc) is 3.23. The molecule has 0 atom stereocenters. The lowest BCUT2D eigenvalue weighted by Gasteiger charge is -2.29. The van der Waals surface area contributed by atoms with Crippen molar-refractivity contribution in [1.82, 2.24) is 5.43 Å². The summed E-state index contributed by atoms with van der Waals surface area (Å²) < 4.78 is 10.8. The maximum Gasteiger partial charge on any atom is 0.307 e. The number of amides is 1. The summed E-state index contributed by atoms with van der Waals surface area (Å²) in [6.45, 7) is 2.31. The van der Waals surface area contributed by atoms with Crippen LogP contribution in [0.25, 0.3) is 11.0 Å². The zero-order valence-corrected chi connectivity index (χ0v) is 16.6. The Bertz CT molecular complexity index is 1230. The van der Waals surface area contributed by atoms with Crippen LogP contribution in [0.5, 0.6) is 0 Å². The molecule has 0 radical (unpaired) electrons. The molecule has 3 aromatic rings. The molecule has 1 saturated heterocycles. The first-order valence-electron chi connectivity index (χ1n) is 9.55. The third-order valence-corrected chi connectivity index (χ3v) is 4.88. The van der Waals surface area contributed by atoms with Gasteiger partial charge >= 0.3 is 5.91 Å². The second-order valence-corrected chi connectivity index (χ2v) is 6.89. The van der Waals surface area contributed by atoms with Crippen molar-refractivity contribution in [2.24, 2.45) is 5.10 Å². The van der Waals surface area contributed by atoms with Crippen molar-refractivity contribution in [3.8, 4) is 0 Å². The molecule has 1 aromatic heterocycles. The lowest BCUT2D eigenvalue weighted by atomic mass is 10.1. The van der Waals surface area contributed by atoms with Crippen LogP contribution in [0.3, 0.4) is 0 Å². The molecular weight excluding hydrogens is 422 g/mol. The van der Waals surface area contributed by atoms with Gasteiger partial charge in [0.1, 0.15) is 5.58 Å². The van der Waals surface area contributed by atoms with Gasteiger partial charge in [-0.1, -0.05) is 0 Å². The Morgan fingerprint density at radius 1 is 1.03 bits per heavy atom. The van der Waals surface area contributed by atoms with Crippen LogP contribution in [0, 0.1) is 20.2 Å². The molecule has 1 N–H and O–H groups in total. The van der Waals surface area contributed by atoms with Crippen molar-refractivity contribution >= 4 is 40.2 Å². The Kier molecular flexibility index (Phi) is 5.77. The predicted octanol–water partition coefficient (Wildman–Crippen LogP) is 2.85. The SMILES string of the molecule is O=C(N/N=C\c1cc([N+](=O)[O-])ccc1N1CCOCC1)c1cc2cc([N+](=O)[O-])ccc2o1. The topological polar surface area (TPSA) is 153 Å². The summed E-state index contributed by atoms with van der Waals surface area (Å²) in [7, 11) is 0. The minimum absolute atomic E-state index is 0.0786. The number of nitrogens with one attached hydrogen (secondary N) is 1. The average molecular weight is 439 g/mol. The summed E-state index contributed by atoms with van der Waals surface area (Å²) in [6, 6.07) is 9.79. The second-order valence-electron chi connectivity index (χ2n) is 6.89. The number of hydrogen-bond donors (Lipinski definition) is 1. The quantitative estimate of drug-likeness (QED) is 0.349. The highest BCUT2D eigenvalue weighted by Gasteiger charge is 2.18. The van der Waals surface area contributed by atoms with Gasteiger partial charge in [-0.25, -0.2) is 5.43 Å². The number of hydrogen-bond acceptors (Lipinski definition) is 9. The van der Waals surface area contributed by atoms with Crippen LogP contribution >= 0.6 is 0 Å². The number of rotatable bonds is 6. The smallest absolute Gasteiger partial charge is 0.307 e. The van der Waals surface area contributed by atoms with E-state index in [-0.39, 0.29) is 17.1 Å². The molecule has 1 aliphatic rings. The first-order chi connectivity index (χ1) is 15.4. The van der Waals surface area contributed by atoms with E-state index in [9.17, 15) is 25.0 Å². The minimum atomic E-state index is -0.668. The fourth-order valence-corrected chi connectivity index (χ4v) is 3.32. The number of nitro benzene ring substituents is 2. The number of nitrogens with zero attached hydrogens (tertiary/aromatic N) is 4. The number of benzene rings is 2. The number of non-ortho nitro benzene ring substituents is 2. The van der Waals surface area contributed by atoms with Crippen LogP contribution in [-0.2, 0) is 4.74 Å². The van der Waals surface area contributed by atoms with Gasteiger partial charge in [0.15, 0.2) is 5.76 Å². The van der Waals surface area contributed by atoms with E-state index in [1.807, 2.05) is 4.90 Å². The van der Waals surface area contributed by atoms with Gasteiger partial charge in [-0.05, 0) is 18.2 Å². The zero-order chi connectivity index (χ0) is 22.7. The number of furan rings is 1. The van der Waals surface area contributed by atoms with Gasteiger partial charge in [0.2, 0.25) is 0 Å². The number of fused-ring (bicyclic) bond motifs is 1. The lowest BCUT2D eigenvalue weighted by molar-refractivity contribution is -0.385. The number of ether oxygens (including phenoxy) is 1. The molecule has 32 heavy (non-hydrogen) atoms. The number of nitro groups is 2. The molecule has 1 aliphatic heterocycles. The summed E-state index contributed by atoms with van der Waals surface area (Å²) in [5, 5.41) is 26.4. The van der Waals surface area contributed by atoms with Crippen molar-refractivity contribution in [3.63, 3.8) is 0 Å². The molecule has 4 rings (SSSR count). The second kappa shape index (κ2) is 8.81. The Hall–Kier alpha value is -4.32. The van der Waals surface area contributed by atoms with Gasteiger partial charge < -0.3 is 14.1 Å².